The third-order valence-electron chi connectivity index (χ3n) is 3.43. The average molecular weight is 265 g/mol. The highest BCUT2D eigenvalue weighted by Crippen LogP contribution is 2.25. The molecular weight excluding hydrogens is 250 g/mol. The van der Waals surface area contributed by atoms with Crippen LogP contribution in [0.25, 0.3) is 22.3 Å². The quantitative estimate of drug-likeness (QED) is 0.688. The van der Waals surface area contributed by atoms with Crippen molar-refractivity contribution < 1.29 is 0 Å². The Bertz CT molecular complexity index is 865. The molecule has 0 unspecified atom stereocenters. The molecule has 100 valence electrons. The van der Waals surface area contributed by atoms with E-state index < -0.39 is 0 Å². The molecule has 2 N–H and O–H groups in total. The van der Waals surface area contributed by atoms with Crippen molar-refractivity contribution in [1.82, 2.24) is 9.55 Å². The molecule has 0 bridgehead atoms. The lowest BCUT2D eigenvalue weighted by atomic mass is 10.1. The second-order valence-corrected chi connectivity index (χ2v) is 4.91. The van der Waals surface area contributed by atoms with Gasteiger partial charge in [0.2, 0.25) is 0 Å². The Hall–Kier alpha value is -2.62. The molecule has 0 spiro atoms. The van der Waals surface area contributed by atoms with Crippen molar-refractivity contribution in [2.75, 3.05) is 5.73 Å². The van der Waals surface area contributed by atoms with Gasteiger partial charge >= 0.3 is 0 Å². The molecule has 0 atom stereocenters. The molecule has 0 aliphatic rings. The van der Waals surface area contributed by atoms with Gasteiger partial charge in [-0.2, -0.15) is 0 Å². The van der Waals surface area contributed by atoms with E-state index in [1.165, 1.54) is 0 Å². The van der Waals surface area contributed by atoms with Crippen LogP contribution in [0.5, 0.6) is 0 Å². The molecule has 0 amide bonds. The van der Waals surface area contributed by atoms with Crippen LogP contribution in [0.2, 0.25) is 0 Å². The zero-order chi connectivity index (χ0) is 14.3. The van der Waals surface area contributed by atoms with Crippen LogP contribution in [0.4, 0.5) is 5.69 Å². The van der Waals surface area contributed by atoms with Crippen molar-refractivity contribution >= 4 is 16.6 Å². The zero-order valence-electron chi connectivity index (χ0n) is 11.4. The molecule has 1 heterocycles. The maximum absolute atomic E-state index is 12.4. The predicted molar refractivity (Wildman–Crippen MR) is 81.6 cm³/mol. The highest BCUT2D eigenvalue weighted by Gasteiger charge is 2.12. The summed E-state index contributed by atoms with van der Waals surface area (Å²) in [4.78, 5) is 17.0. The molecule has 0 fully saturated rings. The van der Waals surface area contributed by atoms with E-state index >= 15 is 0 Å². The van der Waals surface area contributed by atoms with Gasteiger partial charge in [-0.3, -0.25) is 9.36 Å². The predicted octanol–water partition coefficient (Wildman–Crippen LogP) is 2.49. The first-order chi connectivity index (χ1) is 9.58. The summed E-state index contributed by atoms with van der Waals surface area (Å²) in [6.45, 7) is 1.99. The fourth-order valence-electron chi connectivity index (χ4n) is 2.32. The van der Waals surface area contributed by atoms with Crippen molar-refractivity contribution in [2.24, 2.45) is 7.05 Å². The first-order valence-corrected chi connectivity index (χ1v) is 6.40. The Morgan fingerprint density at radius 3 is 2.70 bits per heavy atom. The van der Waals surface area contributed by atoms with Crippen molar-refractivity contribution in [2.45, 2.75) is 6.92 Å². The van der Waals surface area contributed by atoms with Crippen LogP contribution >= 0.6 is 0 Å². The number of aryl methyl sites for hydroxylation is 1. The highest BCUT2D eigenvalue weighted by atomic mass is 16.1. The van der Waals surface area contributed by atoms with Gasteiger partial charge in [-0.1, -0.05) is 23.8 Å². The number of rotatable bonds is 1. The fraction of sp³-hybridized carbons (Fsp3) is 0.125. The molecule has 0 saturated heterocycles. The maximum atomic E-state index is 12.4. The van der Waals surface area contributed by atoms with E-state index in [4.69, 9.17) is 5.73 Å². The van der Waals surface area contributed by atoms with Crippen LogP contribution in [0.1, 0.15) is 5.56 Å². The van der Waals surface area contributed by atoms with Crippen LogP contribution in [-0.4, -0.2) is 9.55 Å². The van der Waals surface area contributed by atoms with E-state index in [1.807, 2.05) is 43.3 Å². The standard InChI is InChI=1S/C16H15N3O/c1-10-7-8-13(17)12(9-10)15-18-14-6-4-3-5-11(14)16(20)19(15)2/h3-9H,17H2,1-2H3. The summed E-state index contributed by atoms with van der Waals surface area (Å²) in [5, 5.41) is 0.616. The van der Waals surface area contributed by atoms with E-state index in [-0.39, 0.29) is 5.56 Å². The van der Waals surface area contributed by atoms with Gasteiger partial charge in [-0.15, -0.1) is 0 Å². The average Bonchev–Trinajstić information content (AvgIpc) is 2.46. The SMILES string of the molecule is Cc1ccc(N)c(-c2nc3ccccc3c(=O)n2C)c1. The van der Waals surface area contributed by atoms with Gasteiger partial charge in [0.25, 0.3) is 5.56 Å². The Kier molecular flexibility index (Phi) is 2.79. The molecule has 0 aliphatic carbocycles. The van der Waals surface area contributed by atoms with E-state index in [1.54, 1.807) is 17.7 Å². The first-order valence-electron chi connectivity index (χ1n) is 6.40. The van der Waals surface area contributed by atoms with Gasteiger partial charge in [0.15, 0.2) is 0 Å². The van der Waals surface area contributed by atoms with Crippen LogP contribution in [0, 0.1) is 6.92 Å². The molecule has 4 nitrogen and oxygen atoms in total. The summed E-state index contributed by atoms with van der Waals surface area (Å²) in [7, 11) is 1.72. The van der Waals surface area contributed by atoms with Crippen LogP contribution in [-0.2, 0) is 7.05 Å². The Balaban J connectivity index is 2.40. The van der Waals surface area contributed by atoms with E-state index in [2.05, 4.69) is 4.98 Å². The number of nitrogens with zero attached hydrogens (tertiary/aromatic N) is 2. The lowest BCUT2D eigenvalue weighted by molar-refractivity contribution is 0.856. The van der Waals surface area contributed by atoms with E-state index in [9.17, 15) is 4.79 Å². The Morgan fingerprint density at radius 2 is 1.90 bits per heavy atom. The number of fused-ring (bicyclic) bond motifs is 1. The summed E-state index contributed by atoms with van der Waals surface area (Å²) in [5.41, 5.74) is 9.14. The maximum Gasteiger partial charge on any atom is 0.261 e. The second-order valence-electron chi connectivity index (χ2n) is 4.91. The summed E-state index contributed by atoms with van der Waals surface area (Å²) >= 11 is 0. The number of aromatic nitrogens is 2. The third-order valence-corrected chi connectivity index (χ3v) is 3.43. The van der Waals surface area contributed by atoms with Crippen LogP contribution in [0.3, 0.4) is 0 Å². The number of anilines is 1. The monoisotopic (exact) mass is 265 g/mol. The minimum Gasteiger partial charge on any atom is -0.398 e. The first kappa shape index (κ1) is 12.4. The Morgan fingerprint density at radius 1 is 1.15 bits per heavy atom. The molecule has 20 heavy (non-hydrogen) atoms. The number of para-hydroxylation sites is 1. The van der Waals surface area contributed by atoms with Crippen molar-refractivity contribution in [1.29, 1.82) is 0 Å². The second kappa shape index (κ2) is 4.49. The number of hydrogen-bond donors (Lipinski definition) is 1. The van der Waals surface area contributed by atoms with Gasteiger partial charge in [-0.25, -0.2) is 4.98 Å². The minimum absolute atomic E-state index is 0.0634. The van der Waals surface area contributed by atoms with Crippen molar-refractivity contribution in [3.63, 3.8) is 0 Å². The zero-order valence-corrected chi connectivity index (χ0v) is 11.4. The fourth-order valence-corrected chi connectivity index (χ4v) is 2.32. The molecule has 1 aromatic heterocycles. The highest BCUT2D eigenvalue weighted by molar-refractivity contribution is 5.81. The summed E-state index contributed by atoms with van der Waals surface area (Å²) in [5.74, 6) is 0.593. The van der Waals surface area contributed by atoms with Gasteiger partial charge in [-0.05, 0) is 31.2 Å². The minimum atomic E-state index is -0.0634. The van der Waals surface area contributed by atoms with Gasteiger partial charge in [0.1, 0.15) is 5.82 Å². The smallest absolute Gasteiger partial charge is 0.261 e. The number of benzene rings is 2. The van der Waals surface area contributed by atoms with Gasteiger partial charge in [0.05, 0.1) is 10.9 Å². The summed E-state index contributed by atoms with van der Waals surface area (Å²) in [6, 6.07) is 13.1. The Labute approximate surface area is 116 Å². The van der Waals surface area contributed by atoms with E-state index in [0.29, 0.717) is 22.4 Å². The topological polar surface area (TPSA) is 60.9 Å². The van der Waals surface area contributed by atoms with E-state index in [0.717, 1.165) is 11.1 Å². The number of nitrogen functional groups attached to an aromatic ring is 1. The molecule has 0 radical (unpaired) electrons. The van der Waals surface area contributed by atoms with Gasteiger partial charge < -0.3 is 5.73 Å². The van der Waals surface area contributed by atoms with Crippen molar-refractivity contribution in [3.8, 4) is 11.4 Å². The molecule has 4 heteroatoms. The lowest BCUT2D eigenvalue weighted by Gasteiger charge is -2.11. The largest absolute Gasteiger partial charge is 0.398 e. The van der Waals surface area contributed by atoms with Crippen LogP contribution in [0.15, 0.2) is 47.3 Å². The molecule has 0 aliphatic heterocycles. The molecule has 2 aromatic carbocycles. The normalized spacial score (nSPS) is 10.9. The lowest BCUT2D eigenvalue weighted by Crippen LogP contribution is -2.20. The van der Waals surface area contributed by atoms with Crippen molar-refractivity contribution in [3.05, 3.63) is 58.4 Å². The summed E-state index contributed by atoms with van der Waals surface area (Å²) < 4.78 is 1.55. The molecule has 0 saturated carbocycles. The number of hydrogen-bond acceptors (Lipinski definition) is 3. The van der Waals surface area contributed by atoms with Crippen LogP contribution < -0.4 is 11.3 Å². The number of nitrogens with two attached hydrogens (primary N) is 1. The molecule has 3 aromatic rings. The third kappa shape index (κ3) is 1.86. The summed E-state index contributed by atoms with van der Waals surface area (Å²) in [6.07, 6.45) is 0. The molecular formula is C16H15N3O. The molecule has 3 rings (SSSR count). The van der Waals surface area contributed by atoms with Gasteiger partial charge in [0, 0.05) is 18.3 Å².